The fourth-order valence-corrected chi connectivity index (χ4v) is 1.71. The standard InChI is InChI=1S/C13H11ClN2O3/c1-7-2-4-9(12(18)15-7)13(19)16-8-3-5-11(17)10(14)6-8/h2-6,17H,1H3,(H,15,18)(H,16,19). The van der Waals surface area contributed by atoms with Gasteiger partial charge in [0.25, 0.3) is 11.5 Å². The molecule has 3 N–H and O–H groups in total. The lowest BCUT2D eigenvalue weighted by molar-refractivity contribution is 0.102. The number of carbonyl (C=O) groups excluding carboxylic acids is 1. The molecule has 0 saturated carbocycles. The molecule has 1 amide bonds. The molecule has 2 aromatic rings. The van der Waals surface area contributed by atoms with Gasteiger partial charge in [0.2, 0.25) is 0 Å². The maximum Gasteiger partial charge on any atom is 0.261 e. The maximum atomic E-state index is 11.9. The van der Waals surface area contributed by atoms with Gasteiger partial charge in [-0.25, -0.2) is 0 Å². The number of benzene rings is 1. The van der Waals surface area contributed by atoms with E-state index in [9.17, 15) is 14.7 Å². The molecule has 5 nitrogen and oxygen atoms in total. The summed E-state index contributed by atoms with van der Waals surface area (Å²) in [6.07, 6.45) is 0. The zero-order chi connectivity index (χ0) is 14.0. The molecule has 98 valence electrons. The molecule has 0 bridgehead atoms. The summed E-state index contributed by atoms with van der Waals surface area (Å²) in [6, 6.07) is 7.33. The largest absolute Gasteiger partial charge is 0.506 e. The number of H-pyrrole nitrogens is 1. The van der Waals surface area contributed by atoms with E-state index in [1.54, 1.807) is 13.0 Å². The molecule has 0 spiro atoms. The van der Waals surface area contributed by atoms with E-state index in [-0.39, 0.29) is 16.3 Å². The van der Waals surface area contributed by atoms with Crippen molar-refractivity contribution in [1.82, 2.24) is 4.98 Å². The normalized spacial score (nSPS) is 10.2. The number of carbonyl (C=O) groups is 1. The van der Waals surface area contributed by atoms with Crippen LogP contribution >= 0.6 is 11.6 Å². The number of nitrogens with one attached hydrogen (secondary N) is 2. The van der Waals surface area contributed by atoms with Crippen LogP contribution in [0.1, 0.15) is 16.1 Å². The third kappa shape index (κ3) is 2.95. The number of phenolic OH excluding ortho intramolecular Hbond substituents is 1. The van der Waals surface area contributed by atoms with Crippen LogP contribution in [0.5, 0.6) is 5.75 Å². The molecular weight excluding hydrogens is 268 g/mol. The van der Waals surface area contributed by atoms with Crippen LogP contribution in [-0.2, 0) is 0 Å². The average Bonchev–Trinajstić information content (AvgIpc) is 2.33. The molecule has 1 aromatic carbocycles. The van der Waals surface area contributed by atoms with E-state index >= 15 is 0 Å². The van der Waals surface area contributed by atoms with E-state index in [4.69, 9.17) is 11.6 Å². The van der Waals surface area contributed by atoms with Crippen molar-refractivity contribution in [3.8, 4) is 5.75 Å². The van der Waals surface area contributed by atoms with Gasteiger partial charge < -0.3 is 15.4 Å². The Morgan fingerprint density at radius 3 is 2.68 bits per heavy atom. The van der Waals surface area contributed by atoms with Crippen LogP contribution in [0.4, 0.5) is 5.69 Å². The van der Waals surface area contributed by atoms with E-state index in [1.807, 2.05) is 0 Å². The van der Waals surface area contributed by atoms with Crippen LogP contribution in [0.25, 0.3) is 0 Å². The van der Waals surface area contributed by atoms with Crippen molar-refractivity contribution in [2.75, 3.05) is 5.32 Å². The monoisotopic (exact) mass is 278 g/mol. The van der Waals surface area contributed by atoms with Gasteiger partial charge in [-0.3, -0.25) is 9.59 Å². The highest BCUT2D eigenvalue weighted by Gasteiger charge is 2.11. The van der Waals surface area contributed by atoms with Crippen molar-refractivity contribution in [3.05, 3.63) is 57.0 Å². The van der Waals surface area contributed by atoms with Crippen LogP contribution in [0, 0.1) is 6.92 Å². The van der Waals surface area contributed by atoms with Crippen molar-refractivity contribution in [2.45, 2.75) is 6.92 Å². The van der Waals surface area contributed by atoms with E-state index in [0.29, 0.717) is 11.4 Å². The first-order chi connectivity index (χ1) is 8.97. The predicted octanol–water partition coefficient (Wildman–Crippen LogP) is 2.29. The highest BCUT2D eigenvalue weighted by atomic mass is 35.5. The Bertz CT molecular complexity index is 695. The number of aryl methyl sites for hydroxylation is 1. The molecule has 0 atom stereocenters. The summed E-state index contributed by atoms with van der Waals surface area (Å²) >= 11 is 5.73. The van der Waals surface area contributed by atoms with Crippen molar-refractivity contribution in [2.24, 2.45) is 0 Å². The number of aromatic hydroxyl groups is 1. The van der Waals surface area contributed by atoms with Crippen LogP contribution < -0.4 is 10.9 Å². The fourth-order valence-electron chi connectivity index (χ4n) is 1.53. The molecule has 0 aliphatic heterocycles. The average molecular weight is 279 g/mol. The Hall–Kier alpha value is -2.27. The summed E-state index contributed by atoms with van der Waals surface area (Å²) in [7, 11) is 0. The molecule has 19 heavy (non-hydrogen) atoms. The Morgan fingerprint density at radius 1 is 1.32 bits per heavy atom. The molecule has 0 radical (unpaired) electrons. The number of pyridine rings is 1. The summed E-state index contributed by atoms with van der Waals surface area (Å²) in [4.78, 5) is 26.1. The SMILES string of the molecule is Cc1ccc(C(=O)Nc2ccc(O)c(Cl)c2)c(=O)[nH]1. The second-order valence-electron chi connectivity index (χ2n) is 4.00. The lowest BCUT2D eigenvalue weighted by Crippen LogP contribution is -2.23. The number of hydrogen-bond acceptors (Lipinski definition) is 3. The van der Waals surface area contributed by atoms with Gasteiger partial charge in [-0.15, -0.1) is 0 Å². The fraction of sp³-hybridized carbons (Fsp3) is 0.0769. The summed E-state index contributed by atoms with van der Waals surface area (Å²) < 4.78 is 0. The Labute approximate surface area is 113 Å². The highest BCUT2D eigenvalue weighted by Crippen LogP contribution is 2.26. The number of halogens is 1. The second kappa shape index (κ2) is 5.16. The van der Waals surface area contributed by atoms with Crippen LogP contribution in [0.2, 0.25) is 5.02 Å². The zero-order valence-corrected chi connectivity index (χ0v) is 10.8. The molecule has 0 aliphatic carbocycles. The summed E-state index contributed by atoms with van der Waals surface area (Å²) in [5.41, 5.74) is 0.624. The summed E-state index contributed by atoms with van der Waals surface area (Å²) in [5.74, 6) is -0.615. The summed E-state index contributed by atoms with van der Waals surface area (Å²) in [5, 5.41) is 11.9. The third-order valence-electron chi connectivity index (χ3n) is 2.51. The Morgan fingerprint density at radius 2 is 2.05 bits per heavy atom. The molecule has 0 saturated heterocycles. The van der Waals surface area contributed by atoms with Crippen LogP contribution in [0.3, 0.4) is 0 Å². The molecule has 2 rings (SSSR count). The number of hydrogen-bond donors (Lipinski definition) is 3. The summed E-state index contributed by atoms with van der Waals surface area (Å²) in [6.45, 7) is 1.73. The predicted molar refractivity (Wildman–Crippen MR) is 72.9 cm³/mol. The maximum absolute atomic E-state index is 11.9. The highest BCUT2D eigenvalue weighted by molar-refractivity contribution is 6.32. The van der Waals surface area contributed by atoms with Crippen molar-refractivity contribution < 1.29 is 9.90 Å². The topological polar surface area (TPSA) is 82.2 Å². The molecule has 0 fully saturated rings. The first-order valence-electron chi connectivity index (χ1n) is 5.47. The van der Waals surface area contributed by atoms with Crippen molar-refractivity contribution >= 4 is 23.2 Å². The molecule has 1 heterocycles. The molecule has 0 unspecified atom stereocenters. The van der Waals surface area contributed by atoms with E-state index in [0.717, 1.165) is 0 Å². The van der Waals surface area contributed by atoms with Gasteiger partial charge in [0, 0.05) is 11.4 Å². The first kappa shape index (κ1) is 13.2. The minimum Gasteiger partial charge on any atom is -0.506 e. The van der Waals surface area contributed by atoms with Gasteiger partial charge in [0.15, 0.2) is 0 Å². The molecular formula is C13H11ClN2O3. The van der Waals surface area contributed by atoms with Gasteiger partial charge in [-0.2, -0.15) is 0 Å². The van der Waals surface area contributed by atoms with Gasteiger partial charge in [-0.05, 0) is 37.3 Å². The quantitative estimate of drug-likeness (QED) is 0.737. The van der Waals surface area contributed by atoms with Gasteiger partial charge in [0.1, 0.15) is 11.3 Å². The lowest BCUT2D eigenvalue weighted by atomic mass is 10.2. The third-order valence-corrected chi connectivity index (χ3v) is 2.81. The molecule has 0 aliphatic rings. The van der Waals surface area contributed by atoms with Crippen molar-refractivity contribution in [1.29, 1.82) is 0 Å². The van der Waals surface area contributed by atoms with Crippen LogP contribution in [0.15, 0.2) is 35.1 Å². The van der Waals surface area contributed by atoms with Gasteiger partial charge in [-0.1, -0.05) is 11.6 Å². The number of aromatic nitrogens is 1. The van der Waals surface area contributed by atoms with Gasteiger partial charge in [0.05, 0.1) is 5.02 Å². The number of amides is 1. The first-order valence-corrected chi connectivity index (χ1v) is 5.85. The van der Waals surface area contributed by atoms with Gasteiger partial charge >= 0.3 is 0 Å². The Kier molecular flexibility index (Phi) is 3.57. The van der Waals surface area contributed by atoms with Crippen molar-refractivity contribution in [3.63, 3.8) is 0 Å². The Balaban J connectivity index is 2.25. The van der Waals surface area contributed by atoms with Crippen LogP contribution in [-0.4, -0.2) is 16.0 Å². The smallest absolute Gasteiger partial charge is 0.261 e. The van der Waals surface area contributed by atoms with E-state index < -0.39 is 11.5 Å². The zero-order valence-electron chi connectivity index (χ0n) is 10.0. The minimum absolute atomic E-state index is 0.00907. The number of aromatic amines is 1. The molecule has 6 heteroatoms. The number of phenols is 1. The number of anilines is 1. The van der Waals surface area contributed by atoms with E-state index in [1.165, 1.54) is 24.3 Å². The van der Waals surface area contributed by atoms with E-state index in [2.05, 4.69) is 10.3 Å². The second-order valence-corrected chi connectivity index (χ2v) is 4.41. The minimum atomic E-state index is -0.539. The lowest BCUT2D eigenvalue weighted by Gasteiger charge is -2.06. The molecule has 1 aromatic heterocycles. The number of rotatable bonds is 2.